The number of hydrogen-bond acceptors (Lipinski definition) is 4. The van der Waals surface area contributed by atoms with Gasteiger partial charge in [0.1, 0.15) is 0 Å². The summed E-state index contributed by atoms with van der Waals surface area (Å²) in [6, 6.07) is 11.2. The Balaban J connectivity index is 1.46. The van der Waals surface area contributed by atoms with Gasteiger partial charge in [0.05, 0.1) is 19.3 Å². The van der Waals surface area contributed by atoms with Crippen molar-refractivity contribution in [2.75, 3.05) is 26.3 Å². The van der Waals surface area contributed by atoms with E-state index in [1.54, 1.807) is 0 Å². The summed E-state index contributed by atoms with van der Waals surface area (Å²) in [4.78, 5) is 16.9. The Morgan fingerprint density at radius 2 is 2.04 bits per heavy atom. The molecule has 1 spiro atoms. The van der Waals surface area contributed by atoms with E-state index in [4.69, 9.17) is 9.47 Å². The molecule has 5 heteroatoms. The van der Waals surface area contributed by atoms with Crippen LogP contribution in [0.1, 0.15) is 18.4 Å². The van der Waals surface area contributed by atoms with Crippen LogP contribution in [0.25, 0.3) is 0 Å². The number of likely N-dealkylation sites (tertiary alicyclic amines) is 1. The highest BCUT2D eigenvalue weighted by Gasteiger charge is 2.63. The van der Waals surface area contributed by atoms with Crippen LogP contribution in [-0.4, -0.2) is 59.9 Å². The van der Waals surface area contributed by atoms with Crippen molar-refractivity contribution >= 4 is 6.09 Å². The number of carbonyl (C=O) groups is 1. The van der Waals surface area contributed by atoms with Crippen LogP contribution >= 0.6 is 0 Å². The molecule has 1 aromatic carbocycles. The second-order valence-corrected chi connectivity index (χ2v) is 7.44. The molecule has 4 heterocycles. The lowest BCUT2D eigenvalue weighted by atomic mass is 9.85. The Hall–Kier alpha value is -1.59. The van der Waals surface area contributed by atoms with Gasteiger partial charge in [0, 0.05) is 25.7 Å². The van der Waals surface area contributed by atoms with Crippen molar-refractivity contribution < 1.29 is 14.3 Å². The van der Waals surface area contributed by atoms with Crippen LogP contribution in [0.4, 0.5) is 4.79 Å². The van der Waals surface area contributed by atoms with Gasteiger partial charge >= 0.3 is 6.09 Å². The van der Waals surface area contributed by atoms with E-state index in [-0.39, 0.29) is 12.1 Å². The van der Waals surface area contributed by atoms with Gasteiger partial charge in [0.2, 0.25) is 0 Å². The van der Waals surface area contributed by atoms with Crippen LogP contribution in [0.3, 0.4) is 0 Å². The minimum absolute atomic E-state index is 0.134. The normalized spacial score (nSPS) is 34.9. The zero-order valence-corrected chi connectivity index (χ0v) is 13.2. The summed E-state index contributed by atoms with van der Waals surface area (Å²) < 4.78 is 11.2. The molecule has 4 aliphatic rings. The third kappa shape index (κ3) is 2.03. The second kappa shape index (κ2) is 4.95. The van der Waals surface area contributed by atoms with Gasteiger partial charge in [0.15, 0.2) is 5.60 Å². The van der Waals surface area contributed by atoms with Crippen LogP contribution in [0, 0.1) is 5.92 Å². The predicted octanol–water partition coefficient (Wildman–Crippen LogP) is 1.87. The maximum Gasteiger partial charge on any atom is 0.411 e. The Bertz CT molecular complexity index is 616. The van der Waals surface area contributed by atoms with Gasteiger partial charge in [-0.3, -0.25) is 9.80 Å². The van der Waals surface area contributed by atoms with Gasteiger partial charge in [0.25, 0.3) is 0 Å². The lowest BCUT2D eigenvalue weighted by Crippen LogP contribution is -2.64. The number of fused-ring (bicyclic) bond motifs is 5. The van der Waals surface area contributed by atoms with Crippen molar-refractivity contribution in [1.29, 1.82) is 0 Å². The molecule has 0 N–H and O–H groups in total. The molecule has 1 aromatic rings. The average molecular weight is 314 g/mol. The Labute approximate surface area is 136 Å². The first-order valence-electron chi connectivity index (χ1n) is 8.60. The summed E-state index contributed by atoms with van der Waals surface area (Å²) in [6.07, 6.45) is 2.13. The van der Waals surface area contributed by atoms with Gasteiger partial charge in [-0.1, -0.05) is 30.3 Å². The van der Waals surface area contributed by atoms with Gasteiger partial charge in [-0.05, 0) is 24.3 Å². The summed E-state index contributed by atoms with van der Waals surface area (Å²) in [5.74, 6) is 0.695. The third-order valence-electron chi connectivity index (χ3n) is 6.00. The highest BCUT2D eigenvalue weighted by atomic mass is 16.6. The minimum atomic E-state index is -0.393. The fraction of sp³-hybridized carbons (Fsp3) is 0.611. The van der Waals surface area contributed by atoms with E-state index in [0.717, 1.165) is 26.1 Å². The van der Waals surface area contributed by atoms with Gasteiger partial charge in [-0.25, -0.2) is 4.79 Å². The summed E-state index contributed by atoms with van der Waals surface area (Å²) in [5, 5.41) is 0. The second-order valence-electron chi connectivity index (χ2n) is 7.44. The molecular formula is C18H22N2O3. The zero-order chi connectivity index (χ0) is 15.4. The van der Waals surface area contributed by atoms with E-state index in [2.05, 4.69) is 35.2 Å². The molecule has 0 saturated carbocycles. The van der Waals surface area contributed by atoms with E-state index in [0.29, 0.717) is 25.2 Å². The number of hydrogen-bond donors (Lipinski definition) is 0. The number of ether oxygens (including phenoxy) is 2. The fourth-order valence-corrected chi connectivity index (χ4v) is 4.90. The molecule has 3 unspecified atom stereocenters. The molecule has 5 nitrogen and oxygen atoms in total. The minimum Gasteiger partial charge on any atom is -0.436 e. The zero-order valence-electron chi connectivity index (χ0n) is 13.2. The predicted molar refractivity (Wildman–Crippen MR) is 83.9 cm³/mol. The summed E-state index contributed by atoms with van der Waals surface area (Å²) in [6.45, 7) is 4.04. The molecule has 4 aliphatic heterocycles. The molecule has 3 atom stereocenters. The molecule has 0 aliphatic carbocycles. The summed E-state index contributed by atoms with van der Waals surface area (Å²) in [5.41, 5.74) is 0.949. The molecule has 5 rings (SSSR count). The Kier molecular flexibility index (Phi) is 2.97. The molecule has 0 radical (unpaired) electrons. The Morgan fingerprint density at radius 3 is 2.78 bits per heavy atom. The first-order valence-corrected chi connectivity index (χ1v) is 8.60. The largest absolute Gasteiger partial charge is 0.436 e. The maximum absolute atomic E-state index is 12.3. The standard InChI is InChI=1S/C18H22N2O3/c21-17-20-7-6-14-8-15(16(20)18(23-17)11-22-12-18)19(10-14)9-13-4-2-1-3-5-13/h1-5,14-16H,6-12H2. The monoisotopic (exact) mass is 314 g/mol. The molecule has 2 bridgehead atoms. The van der Waals surface area contributed by atoms with Crippen LogP contribution in [0.15, 0.2) is 30.3 Å². The van der Waals surface area contributed by atoms with E-state index in [1.165, 1.54) is 12.0 Å². The molecule has 4 saturated heterocycles. The highest BCUT2D eigenvalue weighted by Crippen LogP contribution is 2.45. The topological polar surface area (TPSA) is 42.0 Å². The fourth-order valence-electron chi connectivity index (χ4n) is 4.90. The SMILES string of the molecule is O=C1OC2(COC2)C2C3CC(CCN12)CN3Cc1ccccc1. The van der Waals surface area contributed by atoms with Gasteiger partial charge < -0.3 is 9.47 Å². The summed E-state index contributed by atoms with van der Waals surface area (Å²) >= 11 is 0. The number of nitrogens with zero attached hydrogens (tertiary/aromatic N) is 2. The van der Waals surface area contributed by atoms with Crippen LogP contribution in [0.2, 0.25) is 0 Å². The molecule has 1 amide bonds. The van der Waals surface area contributed by atoms with E-state index in [1.807, 2.05) is 4.90 Å². The summed E-state index contributed by atoms with van der Waals surface area (Å²) in [7, 11) is 0. The van der Waals surface area contributed by atoms with Crippen molar-refractivity contribution in [1.82, 2.24) is 9.80 Å². The van der Waals surface area contributed by atoms with Crippen LogP contribution in [0.5, 0.6) is 0 Å². The van der Waals surface area contributed by atoms with Crippen molar-refractivity contribution in [3.05, 3.63) is 35.9 Å². The molecular weight excluding hydrogens is 292 g/mol. The Morgan fingerprint density at radius 1 is 1.22 bits per heavy atom. The molecule has 4 fully saturated rings. The molecule has 23 heavy (non-hydrogen) atoms. The number of amides is 1. The van der Waals surface area contributed by atoms with Crippen LogP contribution in [-0.2, 0) is 16.0 Å². The van der Waals surface area contributed by atoms with E-state index in [9.17, 15) is 4.79 Å². The van der Waals surface area contributed by atoms with Gasteiger partial charge in [-0.2, -0.15) is 0 Å². The first kappa shape index (κ1) is 13.8. The number of benzene rings is 1. The highest BCUT2D eigenvalue weighted by molar-refractivity contribution is 5.72. The molecule has 0 aromatic heterocycles. The van der Waals surface area contributed by atoms with E-state index >= 15 is 0 Å². The first-order chi connectivity index (χ1) is 11.3. The quantitative estimate of drug-likeness (QED) is 0.836. The number of rotatable bonds is 2. The third-order valence-corrected chi connectivity index (χ3v) is 6.00. The van der Waals surface area contributed by atoms with Crippen LogP contribution < -0.4 is 0 Å². The van der Waals surface area contributed by atoms with Crippen molar-refractivity contribution in [2.45, 2.75) is 37.1 Å². The lowest BCUT2D eigenvalue weighted by Gasteiger charge is -2.45. The van der Waals surface area contributed by atoms with E-state index < -0.39 is 5.60 Å². The van der Waals surface area contributed by atoms with Gasteiger partial charge in [-0.15, -0.1) is 0 Å². The van der Waals surface area contributed by atoms with Crippen molar-refractivity contribution in [2.24, 2.45) is 5.92 Å². The average Bonchev–Trinajstić information content (AvgIpc) is 2.96. The van der Waals surface area contributed by atoms with Crippen molar-refractivity contribution in [3.63, 3.8) is 0 Å². The maximum atomic E-state index is 12.3. The number of carbonyl (C=O) groups excluding carboxylic acids is 1. The molecule has 122 valence electrons. The smallest absolute Gasteiger partial charge is 0.411 e. The van der Waals surface area contributed by atoms with Crippen molar-refractivity contribution in [3.8, 4) is 0 Å². The lowest BCUT2D eigenvalue weighted by molar-refractivity contribution is -0.181.